The molecule has 0 saturated heterocycles. The van der Waals surface area contributed by atoms with Crippen LogP contribution >= 0.6 is 0 Å². The van der Waals surface area contributed by atoms with E-state index >= 15 is 0 Å². The molecule has 0 fully saturated rings. The second-order valence-corrected chi connectivity index (χ2v) is 3.18. The van der Waals surface area contributed by atoms with Crippen LogP contribution in [-0.4, -0.2) is 4.98 Å². The molecule has 13 heavy (non-hydrogen) atoms. The highest BCUT2D eigenvalue weighted by Gasteiger charge is 2.10. The minimum atomic E-state index is 0.845. The van der Waals surface area contributed by atoms with Crippen LogP contribution in [0.1, 0.15) is 11.3 Å². The van der Waals surface area contributed by atoms with Crippen molar-refractivity contribution in [3.63, 3.8) is 0 Å². The topological polar surface area (TPSA) is 15.8 Å². The highest BCUT2D eigenvalue weighted by atomic mass is 14.7. The third-order valence-electron chi connectivity index (χ3n) is 2.41. The largest absolute Gasteiger partial charge is 0.357 e. The number of H-pyrrole nitrogens is 1. The SMILES string of the molecule is C1#CCc2c([nH]c3ccc#cc23)C1. The first-order valence-electron chi connectivity index (χ1n) is 4.32. The summed E-state index contributed by atoms with van der Waals surface area (Å²) in [5, 5.41) is 1.16. The molecule has 0 amide bonds. The number of hydrogen-bond donors (Lipinski definition) is 1. The van der Waals surface area contributed by atoms with E-state index in [0.29, 0.717) is 0 Å². The van der Waals surface area contributed by atoms with Crippen LogP contribution in [0.15, 0.2) is 12.1 Å². The first kappa shape index (κ1) is 6.63. The summed E-state index contributed by atoms with van der Waals surface area (Å²) < 4.78 is 0. The Morgan fingerprint density at radius 2 is 2.15 bits per heavy atom. The van der Waals surface area contributed by atoms with Crippen LogP contribution in [-0.2, 0) is 12.8 Å². The highest BCUT2D eigenvalue weighted by molar-refractivity contribution is 5.83. The Morgan fingerprint density at radius 3 is 3.15 bits per heavy atom. The second-order valence-electron chi connectivity index (χ2n) is 3.18. The van der Waals surface area contributed by atoms with E-state index in [1.807, 2.05) is 12.1 Å². The summed E-state index contributed by atoms with van der Waals surface area (Å²) in [7, 11) is 0. The van der Waals surface area contributed by atoms with E-state index < -0.39 is 0 Å². The van der Waals surface area contributed by atoms with Gasteiger partial charge in [-0.05, 0) is 12.1 Å². The smallest absolute Gasteiger partial charge is 0.0551 e. The molecule has 1 heterocycles. The van der Waals surface area contributed by atoms with Gasteiger partial charge >= 0.3 is 0 Å². The Kier molecular flexibility index (Phi) is 1.18. The summed E-state index contributed by atoms with van der Waals surface area (Å²) in [6, 6.07) is 10.0. The molecule has 0 aliphatic heterocycles. The van der Waals surface area contributed by atoms with Gasteiger partial charge in [-0.3, -0.25) is 0 Å². The van der Waals surface area contributed by atoms with Crippen molar-refractivity contribution < 1.29 is 0 Å². The molecular weight excluding hydrogens is 158 g/mol. The summed E-state index contributed by atoms with van der Waals surface area (Å²) in [6.07, 6.45) is 1.70. The Bertz CT molecular complexity index is 523. The van der Waals surface area contributed by atoms with Crippen LogP contribution in [0, 0.1) is 24.0 Å². The van der Waals surface area contributed by atoms with E-state index in [1.165, 1.54) is 11.3 Å². The van der Waals surface area contributed by atoms with Crippen molar-refractivity contribution >= 4 is 10.9 Å². The normalized spacial score (nSPS) is 12.9. The summed E-state index contributed by atoms with van der Waals surface area (Å²) in [4.78, 5) is 3.36. The second kappa shape index (κ2) is 2.31. The molecule has 1 aliphatic carbocycles. The number of hydrogen-bond acceptors (Lipinski definition) is 0. The van der Waals surface area contributed by atoms with Gasteiger partial charge in [0.25, 0.3) is 0 Å². The van der Waals surface area contributed by atoms with Crippen molar-refractivity contribution in [2.45, 2.75) is 12.8 Å². The molecule has 0 unspecified atom stereocenters. The number of rotatable bonds is 0. The lowest BCUT2D eigenvalue weighted by Gasteiger charge is -1.99. The molecule has 1 aliphatic rings. The van der Waals surface area contributed by atoms with Crippen molar-refractivity contribution in [2.75, 3.05) is 0 Å². The van der Waals surface area contributed by atoms with Crippen molar-refractivity contribution in [3.8, 4) is 11.8 Å². The van der Waals surface area contributed by atoms with Crippen LogP contribution in [0.2, 0.25) is 0 Å². The zero-order chi connectivity index (χ0) is 8.67. The van der Waals surface area contributed by atoms with Crippen molar-refractivity contribution in [1.29, 1.82) is 0 Å². The first-order valence-corrected chi connectivity index (χ1v) is 4.32. The molecule has 1 aromatic heterocycles. The minimum absolute atomic E-state index is 0.845. The van der Waals surface area contributed by atoms with Gasteiger partial charge in [-0.25, -0.2) is 0 Å². The average Bonchev–Trinajstić information content (AvgIpc) is 2.56. The van der Waals surface area contributed by atoms with Gasteiger partial charge < -0.3 is 4.98 Å². The number of fused-ring (bicyclic) bond motifs is 3. The summed E-state index contributed by atoms with van der Waals surface area (Å²) in [6.45, 7) is 0. The Balaban J connectivity index is 2.39. The van der Waals surface area contributed by atoms with Crippen LogP contribution < -0.4 is 0 Å². The van der Waals surface area contributed by atoms with E-state index in [9.17, 15) is 0 Å². The molecule has 1 heteroatoms. The molecule has 0 spiro atoms. The summed E-state index contributed by atoms with van der Waals surface area (Å²) in [5.74, 6) is 6.21. The maximum atomic E-state index is 3.36. The molecule has 0 radical (unpaired) electrons. The van der Waals surface area contributed by atoms with E-state index in [1.54, 1.807) is 0 Å². The van der Waals surface area contributed by atoms with Crippen molar-refractivity contribution in [1.82, 2.24) is 4.98 Å². The van der Waals surface area contributed by atoms with Crippen LogP contribution in [0.4, 0.5) is 0 Å². The predicted octanol–water partition coefficient (Wildman–Crippen LogP) is 1.87. The quantitative estimate of drug-likeness (QED) is 0.573. The van der Waals surface area contributed by atoms with Crippen LogP contribution in [0.25, 0.3) is 10.9 Å². The van der Waals surface area contributed by atoms with E-state index in [4.69, 9.17) is 0 Å². The summed E-state index contributed by atoms with van der Waals surface area (Å²) in [5.41, 5.74) is 3.71. The molecule has 60 valence electrons. The Labute approximate surface area is 76.8 Å². The van der Waals surface area contributed by atoms with Gasteiger partial charge in [0.2, 0.25) is 0 Å². The molecule has 0 saturated carbocycles. The Morgan fingerprint density at radius 1 is 1.23 bits per heavy atom. The fourth-order valence-corrected chi connectivity index (χ4v) is 1.77. The van der Waals surface area contributed by atoms with Crippen LogP contribution in [0.3, 0.4) is 0 Å². The minimum Gasteiger partial charge on any atom is -0.357 e. The third kappa shape index (κ3) is 0.848. The van der Waals surface area contributed by atoms with Gasteiger partial charge in [-0.1, -0.05) is 24.0 Å². The lowest BCUT2D eigenvalue weighted by molar-refractivity contribution is 1.11. The monoisotopic (exact) mass is 165 g/mol. The third-order valence-corrected chi connectivity index (χ3v) is 2.41. The summed E-state index contributed by atoms with van der Waals surface area (Å²) >= 11 is 0. The van der Waals surface area contributed by atoms with Gasteiger partial charge in [-0.15, -0.1) is 0 Å². The molecule has 0 bridgehead atoms. The maximum Gasteiger partial charge on any atom is 0.0551 e. The van der Waals surface area contributed by atoms with Crippen molar-refractivity contribution in [3.05, 3.63) is 35.5 Å². The van der Waals surface area contributed by atoms with Gasteiger partial charge in [0, 0.05) is 24.1 Å². The van der Waals surface area contributed by atoms with Gasteiger partial charge in [0.1, 0.15) is 0 Å². The van der Waals surface area contributed by atoms with E-state index in [-0.39, 0.29) is 0 Å². The predicted molar refractivity (Wildman–Crippen MR) is 51.2 cm³/mol. The fourth-order valence-electron chi connectivity index (χ4n) is 1.77. The van der Waals surface area contributed by atoms with E-state index in [0.717, 1.165) is 23.7 Å². The fraction of sp³-hybridized carbons (Fsp3) is 0.167. The molecule has 1 nitrogen and oxygen atoms in total. The average molecular weight is 165 g/mol. The number of aromatic nitrogens is 1. The standard InChI is InChI=1S/C12H7N/c1-3-7-11-9(5-1)10-6-2-4-8-12(10)13-11/h3,7,13H,6,8H2. The number of nitrogens with one attached hydrogen (secondary N) is 1. The lowest BCUT2D eigenvalue weighted by atomic mass is 10.0. The Hall–Kier alpha value is -1.86. The lowest BCUT2D eigenvalue weighted by Crippen LogP contribution is -1.94. The van der Waals surface area contributed by atoms with Crippen LogP contribution in [0.5, 0.6) is 0 Å². The zero-order valence-electron chi connectivity index (χ0n) is 7.07. The molecule has 0 atom stereocenters. The van der Waals surface area contributed by atoms with Gasteiger partial charge in [-0.2, -0.15) is 0 Å². The van der Waals surface area contributed by atoms with Gasteiger partial charge in [0.15, 0.2) is 0 Å². The maximum absolute atomic E-state index is 3.36. The zero-order valence-corrected chi connectivity index (χ0v) is 7.07. The van der Waals surface area contributed by atoms with Gasteiger partial charge in [0.05, 0.1) is 10.9 Å². The molecule has 3 rings (SSSR count). The number of aromatic amines is 1. The molecular formula is C12H7N. The first-order chi connectivity index (χ1) is 6.45. The van der Waals surface area contributed by atoms with Crippen molar-refractivity contribution in [2.24, 2.45) is 0 Å². The highest BCUT2D eigenvalue weighted by Crippen LogP contribution is 2.22. The molecule has 1 aromatic carbocycles. The van der Waals surface area contributed by atoms with E-state index in [2.05, 4.69) is 29.0 Å². The molecule has 1 N–H and O–H groups in total. The molecule has 2 aromatic rings.